The molecule has 17 heavy (non-hydrogen) atoms. The first-order valence-electron chi connectivity index (χ1n) is 5.02. The molecule has 0 spiro atoms. The molecule has 5 heteroatoms. The Morgan fingerprint density at radius 3 is 2.82 bits per heavy atom. The molecule has 2 aromatic rings. The highest BCUT2D eigenvalue weighted by Crippen LogP contribution is 2.23. The third-order valence-corrected chi connectivity index (χ3v) is 2.62. The smallest absolute Gasteiger partial charge is 0.340 e. The van der Waals surface area contributed by atoms with Crippen LogP contribution in [0.5, 0.6) is 5.75 Å². The van der Waals surface area contributed by atoms with E-state index in [2.05, 4.69) is 0 Å². The van der Waals surface area contributed by atoms with E-state index in [1.54, 1.807) is 13.0 Å². The van der Waals surface area contributed by atoms with Gasteiger partial charge < -0.3 is 15.3 Å². The van der Waals surface area contributed by atoms with E-state index in [0.29, 0.717) is 16.5 Å². The van der Waals surface area contributed by atoms with Gasteiger partial charge in [-0.25, -0.2) is 4.79 Å². The fraction of sp³-hybridized carbons (Fsp3) is 0.167. The van der Waals surface area contributed by atoms with Crippen LogP contribution in [0, 0.1) is 6.92 Å². The SMILES string of the molecule is Cc1c(CC(N)=O)c(=O)oc2cc(O)ccc12. The maximum atomic E-state index is 11.6. The first-order chi connectivity index (χ1) is 7.99. The number of rotatable bonds is 2. The Labute approximate surface area is 96.5 Å². The molecule has 0 unspecified atom stereocenters. The van der Waals surface area contributed by atoms with Crippen LogP contribution in [-0.2, 0) is 11.2 Å². The number of carbonyl (C=O) groups excluding carboxylic acids is 1. The zero-order valence-electron chi connectivity index (χ0n) is 9.19. The molecule has 0 fully saturated rings. The fourth-order valence-corrected chi connectivity index (χ4v) is 1.76. The number of nitrogens with two attached hydrogens (primary N) is 1. The normalized spacial score (nSPS) is 10.6. The maximum absolute atomic E-state index is 11.6. The monoisotopic (exact) mass is 233 g/mol. The van der Waals surface area contributed by atoms with Gasteiger partial charge in [-0.05, 0) is 24.6 Å². The third-order valence-electron chi connectivity index (χ3n) is 2.62. The van der Waals surface area contributed by atoms with Crippen molar-refractivity contribution in [3.8, 4) is 5.75 Å². The minimum Gasteiger partial charge on any atom is -0.508 e. The number of benzene rings is 1. The van der Waals surface area contributed by atoms with Crippen LogP contribution in [-0.4, -0.2) is 11.0 Å². The van der Waals surface area contributed by atoms with Gasteiger partial charge in [-0.1, -0.05) is 0 Å². The van der Waals surface area contributed by atoms with Gasteiger partial charge in [0, 0.05) is 11.5 Å². The van der Waals surface area contributed by atoms with Gasteiger partial charge in [0.1, 0.15) is 11.3 Å². The van der Waals surface area contributed by atoms with Gasteiger partial charge in [0.05, 0.1) is 12.0 Å². The first-order valence-corrected chi connectivity index (χ1v) is 5.02. The van der Waals surface area contributed by atoms with E-state index in [0.717, 1.165) is 0 Å². The molecule has 2 rings (SSSR count). The summed E-state index contributed by atoms with van der Waals surface area (Å²) in [5.41, 5.74) is 5.67. The zero-order valence-corrected chi connectivity index (χ0v) is 9.19. The Morgan fingerprint density at radius 1 is 1.47 bits per heavy atom. The molecule has 0 bridgehead atoms. The topological polar surface area (TPSA) is 93.5 Å². The summed E-state index contributed by atoms with van der Waals surface area (Å²) in [6.07, 6.45) is -0.148. The van der Waals surface area contributed by atoms with Crippen LogP contribution >= 0.6 is 0 Å². The Bertz CT molecular complexity index is 657. The number of aryl methyl sites for hydroxylation is 1. The summed E-state index contributed by atoms with van der Waals surface area (Å²) in [4.78, 5) is 22.5. The molecule has 1 heterocycles. The highest BCUT2D eigenvalue weighted by molar-refractivity contribution is 5.84. The van der Waals surface area contributed by atoms with Crippen LogP contribution in [0.4, 0.5) is 0 Å². The number of carbonyl (C=O) groups is 1. The van der Waals surface area contributed by atoms with Gasteiger partial charge in [0.25, 0.3) is 0 Å². The van der Waals surface area contributed by atoms with E-state index >= 15 is 0 Å². The molecule has 1 amide bonds. The molecule has 0 aliphatic heterocycles. The number of hydrogen-bond donors (Lipinski definition) is 2. The van der Waals surface area contributed by atoms with Crippen molar-refractivity contribution >= 4 is 16.9 Å². The quantitative estimate of drug-likeness (QED) is 0.751. The summed E-state index contributed by atoms with van der Waals surface area (Å²) >= 11 is 0. The molecular weight excluding hydrogens is 222 g/mol. The number of aromatic hydroxyl groups is 1. The van der Waals surface area contributed by atoms with E-state index in [1.807, 2.05) is 0 Å². The zero-order chi connectivity index (χ0) is 12.6. The van der Waals surface area contributed by atoms with Gasteiger partial charge >= 0.3 is 5.63 Å². The van der Waals surface area contributed by atoms with Crippen molar-refractivity contribution in [2.75, 3.05) is 0 Å². The van der Waals surface area contributed by atoms with Crippen molar-refractivity contribution < 1.29 is 14.3 Å². The average Bonchev–Trinajstić information content (AvgIpc) is 2.23. The maximum Gasteiger partial charge on any atom is 0.340 e. The molecule has 1 aromatic heterocycles. The summed E-state index contributed by atoms with van der Waals surface area (Å²) < 4.78 is 5.03. The molecule has 88 valence electrons. The predicted octanol–water partition coefficient (Wildman–Crippen LogP) is 0.835. The molecule has 5 nitrogen and oxygen atoms in total. The Balaban J connectivity index is 2.76. The van der Waals surface area contributed by atoms with Crippen LogP contribution in [0.3, 0.4) is 0 Å². The predicted molar refractivity (Wildman–Crippen MR) is 61.8 cm³/mol. The van der Waals surface area contributed by atoms with Crippen molar-refractivity contribution in [1.29, 1.82) is 0 Å². The second-order valence-electron chi connectivity index (χ2n) is 3.82. The second kappa shape index (κ2) is 3.93. The summed E-state index contributed by atoms with van der Waals surface area (Å²) in [5.74, 6) is -0.568. The Hall–Kier alpha value is -2.30. The van der Waals surface area contributed by atoms with Crippen molar-refractivity contribution in [2.45, 2.75) is 13.3 Å². The highest BCUT2D eigenvalue weighted by Gasteiger charge is 2.13. The van der Waals surface area contributed by atoms with Crippen LogP contribution in [0.15, 0.2) is 27.4 Å². The summed E-state index contributed by atoms with van der Waals surface area (Å²) in [6, 6.07) is 4.48. The molecule has 3 N–H and O–H groups in total. The number of amides is 1. The lowest BCUT2D eigenvalue weighted by molar-refractivity contribution is -0.117. The number of phenols is 1. The van der Waals surface area contributed by atoms with Crippen LogP contribution in [0.2, 0.25) is 0 Å². The van der Waals surface area contributed by atoms with Gasteiger partial charge in [0.2, 0.25) is 5.91 Å². The standard InChI is InChI=1S/C12H11NO4/c1-6-8-3-2-7(14)4-10(8)17-12(16)9(6)5-11(13)15/h2-4,14H,5H2,1H3,(H2,13,15). The van der Waals surface area contributed by atoms with Gasteiger partial charge in [-0.2, -0.15) is 0 Å². The van der Waals surface area contributed by atoms with Crippen LogP contribution in [0.1, 0.15) is 11.1 Å². The van der Waals surface area contributed by atoms with Gasteiger partial charge in [-0.15, -0.1) is 0 Å². The number of hydrogen-bond acceptors (Lipinski definition) is 4. The molecular formula is C12H11NO4. The van der Waals surface area contributed by atoms with E-state index < -0.39 is 11.5 Å². The molecule has 0 saturated heterocycles. The van der Waals surface area contributed by atoms with Crippen molar-refractivity contribution in [3.63, 3.8) is 0 Å². The van der Waals surface area contributed by atoms with E-state index in [-0.39, 0.29) is 17.7 Å². The fourth-order valence-electron chi connectivity index (χ4n) is 1.76. The van der Waals surface area contributed by atoms with Gasteiger partial charge in [-0.3, -0.25) is 4.79 Å². The summed E-state index contributed by atoms with van der Waals surface area (Å²) in [7, 11) is 0. The highest BCUT2D eigenvalue weighted by atomic mass is 16.4. The van der Waals surface area contributed by atoms with E-state index in [1.165, 1.54) is 12.1 Å². The lowest BCUT2D eigenvalue weighted by Crippen LogP contribution is -2.20. The number of primary amides is 1. The molecule has 0 aliphatic carbocycles. The number of fused-ring (bicyclic) bond motifs is 1. The lowest BCUT2D eigenvalue weighted by atomic mass is 10.0. The van der Waals surface area contributed by atoms with Crippen molar-refractivity contribution in [3.05, 3.63) is 39.7 Å². The van der Waals surface area contributed by atoms with Crippen LogP contribution < -0.4 is 11.4 Å². The molecule has 1 aromatic carbocycles. The minimum absolute atomic E-state index is 0.0164. The summed E-state index contributed by atoms with van der Waals surface area (Å²) in [5, 5.41) is 9.97. The molecule has 0 aliphatic rings. The summed E-state index contributed by atoms with van der Waals surface area (Å²) in [6.45, 7) is 1.72. The number of phenolic OH excluding ortho intramolecular Hbond substituents is 1. The Kier molecular flexibility index (Phi) is 2.59. The third kappa shape index (κ3) is 1.99. The molecule has 0 radical (unpaired) electrons. The average molecular weight is 233 g/mol. The van der Waals surface area contributed by atoms with Crippen LogP contribution in [0.25, 0.3) is 11.0 Å². The largest absolute Gasteiger partial charge is 0.508 e. The lowest BCUT2D eigenvalue weighted by Gasteiger charge is -2.06. The van der Waals surface area contributed by atoms with Crippen molar-refractivity contribution in [1.82, 2.24) is 0 Å². The Morgan fingerprint density at radius 2 is 2.18 bits per heavy atom. The second-order valence-corrected chi connectivity index (χ2v) is 3.82. The van der Waals surface area contributed by atoms with Crippen molar-refractivity contribution in [2.24, 2.45) is 5.73 Å². The first kappa shape index (κ1) is 11.2. The van der Waals surface area contributed by atoms with Gasteiger partial charge in [0.15, 0.2) is 0 Å². The molecule has 0 saturated carbocycles. The molecule has 0 atom stereocenters. The van der Waals surface area contributed by atoms with E-state index in [9.17, 15) is 14.7 Å². The van der Waals surface area contributed by atoms with E-state index in [4.69, 9.17) is 10.2 Å². The minimum atomic E-state index is -0.598.